The Morgan fingerprint density at radius 2 is 1.78 bits per heavy atom. The predicted octanol–water partition coefficient (Wildman–Crippen LogP) is 3.01. The predicted molar refractivity (Wildman–Crippen MR) is 162 cm³/mol. The van der Waals surface area contributed by atoms with Crippen molar-refractivity contribution in [2.24, 2.45) is 0 Å². The average Bonchev–Trinajstić information content (AvgIpc) is 3.41. The summed E-state index contributed by atoms with van der Waals surface area (Å²) in [5.74, 6) is -0.348. The van der Waals surface area contributed by atoms with E-state index in [0.29, 0.717) is 30.6 Å². The summed E-state index contributed by atoms with van der Waals surface area (Å²) in [7, 11) is 3.79. The lowest BCUT2D eigenvalue weighted by atomic mass is 9.95. The number of benzene rings is 2. The van der Waals surface area contributed by atoms with Crippen LogP contribution in [0.15, 0.2) is 48.5 Å². The van der Waals surface area contributed by atoms with Gasteiger partial charge < -0.3 is 30.9 Å². The first-order valence-corrected chi connectivity index (χ1v) is 14.9. The van der Waals surface area contributed by atoms with Gasteiger partial charge in [-0.3, -0.25) is 14.4 Å². The minimum Gasteiger partial charge on any atom is -0.390 e. The first-order chi connectivity index (χ1) is 19.7. The summed E-state index contributed by atoms with van der Waals surface area (Å²) >= 11 is 0. The number of aliphatic hydroxyl groups is 1. The van der Waals surface area contributed by atoms with Crippen molar-refractivity contribution < 1.29 is 19.5 Å². The second kappa shape index (κ2) is 14.5. The summed E-state index contributed by atoms with van der Waals surface area (Å²) in [5, 5.41) is 20.6. The van der Waals surface area contributed by atoms with Gasteiger partial charge in [0.25, 0.3) is 5.91 Å². The van der Waals surface area contributed by atoms with E-state index in [4.69, 9.17) is 0 Å². The molecule has 9 heteroatoms. The topological polar surface area (TPSA) is 114 Å². The van der Waals surface area contributed by atoms with Gasteiger partial charge in [-0.2, -0.15) is 0 Å². The van der Waals surface area contributed by atoms with Gasteiger partial charge in [-0.05, 0) is 56.4 Å². The van der Waals surface area contributed by atoms with Crippen molar-refractivity contribution in [1.82, 2.24) is 16.0 Å². The minimum atomic E-state index is -0.944. The average molecular weight is 564 g/mol. The molecule has 3 atom stereocenters. The number of hydrogen-bond donors (Lipinski definition) is 4. The number of rotatable bonds is 12. The van der Waals surface area contributed by atoms with Crippen LogP contribution in [0.5, 0.6) is 0 Å². The van der Waals surface area contributed by atoms with Gasteiger partial charge in [0, 0.05) is 56.6 Å². The zero-order valence-electron chi connectivity index (χ0n) is 24.6. The van der Waals surface area contributed by atoms with Crippen LogP contribution < -0.4 is 25.8 Å². The highest BCUT2D eigenvalue weighted by Gasteiger charge is 2.27. The molecule has 2 fully saturated rings. The summed E-state index contributed by atoms with van der Waals surface area (Å²) < 4.78 is 0. The largest absolute Gasteiger partial charge is 0.390 e. The van der Waals surface area contributed by atoms with Crippen molar-refractivity contribution >= 4 is 29.1 Å². The number of aliphatic hydroxyl groups excluding tert-OH is 1. The Morgan fingerprint density at radius 3 is 2.44 bits per heavy atom. The van der Waals surface area contributed by atoms with Crippen molar-refractivity contribution in [2.45, 2.75) is 82.5 Å². The number of hydrogen-bond acceptors (Lipinski definition) is 6. The molecular weight excluding hydrogens is 518 g/mol. The molecular formula is C32H45N5O4. The molecule has 2 aliphatic rings. The maximum Gasteiger partial charge on any atom is 0.251 e. The van der Waals surface area contributed by atoms with Gasteiger partial charge in [0.05, 0.1) is 18.2 Å². The zero-order chi connectivity index (χ0) is 29.4. The van der Waals surface area contributed by atoms with Crippen LogP contribution in [-0.2, 0) is 16.0 Å². The third kappa shape index (κ3) is 8.53. The Bertz CT molecular complexity index is 1180. The Morgan fingerprint density at radius 1 is 1.05 bits per heavy atom. The first kappa shape index (κ1) is 30.5. The van der Waals surface area contributed by atoms with Gasteiger partial charge in [0.1, 0.15) is 0 Å². The van der Waals surface area contributed by atoms with Crippen LogP contribution in [0.2, 0.25) is 0 Å². The van der Waals surface area contributed by atoms with Gasteiger partial charge in [-0.15, -0.1) is 0 Å². The fourth-order valence-corrected chi connectivity index (χ4v) is 5.57. The fourth-order valence-electron chi connectivity index (χ4n) is 5.57. The molecule has 3 amide bonds. The van der Waals surface area contributed by atoms with E-state index in [1.807, 2.05) is 55.4 Å². The van der Waals surface area contributed by atoms with Crippen molar-refractivity contribution in [3.8, 4) is 0 Å². The second-order valence-electron chi connectivity index (χ2n) is 11.6. The van der Waals surface area contributed by atoms with Crippen molar-refractivity contribution in [2.75, 3.05) is 37.0 Å². The molecule has 3 unspecified atom stereocenters. The summed E-state index contributed by atoms with van der Waals surface area (Å²) in [6, 6.07) is 14.3. The normalized spacial score (nSPS) is 18.0. The molecule has 4 rings (SSSR count). The van der Waals surface area contributed by atoms with Crippen LogP contribution >= 0.6 is 0 Å². The van der Waals surface area contributed by atoms with E-state index >= 15 is 0 Å². The van der Waals surface area contributed by atoms with Gasteiger partial charge >= 0.3 is 0 Å². The van der Waals surface area contributed by atoms with Gasteiger partial charge in [0.15, 0.2) is 0 Å². The van der Waals surface area contributed by atoms with E-state index < -0.39 is 18.2 Å². The van der Waals surface area contributed by atoms with Crippen LogP contribution in [0.4, 0.5) is 11.4 Å². The molecule has 0 bridgehead atoms. The van der Waals surface area contributed by atoms with E-state index in [0.717, 1.165) is 43.4 Å². The highest BCUT2D eigenvalue weighted by Crippen LogP contribution is 2.28. The zero-order valence-corrected chi connectivity index (χ0v) is 24.6. The standard InChI is InChI=1S/C32H45N5O4/c1-22(31(40)34-25-13-8-5-9-14-25)33-21-29(38)28(17-23-11-6-4-7-12-23)35-32(41)24-18-26(36(2)3)20-27(19-24)37-16-10-15-30(37)39/h4,6-7,11-12,18-20,22,25,28-29,33,38H,5,8-10,13-17,21H2,1-3H3,(H,34,40)(H,35,41). The number of amides is 3. The quantitative estimate of drug-likeness (QED) is 0.316. The first-order valence-electron chi connectivity index (χ1n) is 14.9. The maximum absolute atomic E-state index is 13.6. The number of nitrogens with one attached hydrogen (secondary N) is 3. The van der Waals surface area contributed by atoms with Gasteiger partial charge in [-0.1, -0.05) is 49.6 Å². The molecule has 0 radical (unpaired) electrons. The molecule has 2 aromatic carbocycles. The molecule has 1 saturated carbocycles. The van der Waals surface area contributed by atoms with Crippen LogP contribution in [0, 0.1) is 0 Å². The van der Waals surface area contributed by atoms with E-state index in [9.17, 15) is 19.5 Å². The second-order valence-corrected chi connectivity index (χ2v) is 11.6. The minimum absolute atomic E-state index is 0.0531. The Hall–Kier alpha value is -3.43. The van der Waals surface area contributed by atoms with Crippen LogP contribution in [0.3, 0.4) is 0 Å². The lowest BCUT2D eigenvalue weighted by Gasteiger charge is -2.28. The molecule has 41 heavy (non-hydrogen) atoms. The summed E-state index contributed by atoms with van der Waals surface area (Å²) in [6.45, 7) is 2.57. The highest BCUT2D eigenvalue weighted by molar-refractivity contribution is 6.00. The number of nitrogens with zero attached hydrogens (tertiary/aromatic N) is 2. The summed E-state index contributed by atoms with van der Waals surface area (Å²) in [6.07, 6.45) is 6.29. The molecule has 0 aromatic heterocycles. The van der Waals surface area contributed by atoms with Crippen LogP contribution in [0.1, 0.15) is 67.8 Å². The van der Waals surface area contributed by atoms with E-state index in [2.05, 4.69) is 16.0 Å². The molecule has 2 aromatic rings. The number of carbonyl (C=O) groups excluding carboxylic acids is 3. The SMILES string of the molecule is CC(NCC(O)C(Cc1ccccc1)NC(=O)c1cc(N(C)C)cc(N2CCCC2=O)c1)C(=O)NC1CCCCC1. The smallest absolute Gasteiger partial charge is 0.251 e. The summed E-state index contributed by atoms with van der Waals surface area (Å²) in [5.41, 5.74) is 2.91. The van der Waals surface area contributed by atoms with E-state index in [1.54, 1.807) is 24.0 Å². The van der Waals surface area contributed by atoms with E-state index in [-0.39, 0.29) is 30.3 Å². The highest BCUT2D eigenvalue weighted by atomic mass is 16.3. The van der Waals surface area contributed by atoms with Gasteiger partial charge in [-0.25, -0.2) is 0 Å². The molecule has 0 spiro atoms. The van der Waals surface area contributed by atoms with Crippen molar-refractivity contribution in [1.29, 1.82) is 0 Å². The molecule has 4 N–H and O–H groups in total. The third-order valence-electron chi connectivity index (χ3n) is 8.12. The lowest BCUT2D eigenvalue weighted by Crippen LogP contribution is -2.53. The number of carbonyl (C=O) groups is 3. The molecule has 9 nitrogen and oxygen atoms in total. The Labute approximate surface area is 243 Å². The Kier molecular flexibility index (Phi) is 10.8. The molecule has 1 aliphatic heterocycles. The maximum atomic E-state index is 13.6. The molecule has 1 aliphatic carbocycles. The van der Waals surface area contributed by atoms with Gasteiger partial charge in [0.2, 0.25) is 11.8 Å². The van der Waals surface area contributed by atoms with Crippen LogP contribution in [0.25, 0.3) is 0 Å². The summed E-state index contributed by atoms with van der Waals surface area (Å²) in [4.78, 5) is 42.4. The molecule has 222 valence electrons. The third-order valence-corrected chi connectivity index (χ3v) is 8.12. The molecule has 1 saturated heterocycles. The lowest BCUT2D eigenvalue weighted by molar-refractivity contribution is -0.123. The fraction of sp³-hybridized carbons (Fsp3) is 0.531. The number of anilines is 2. The monoisotopic (exact) mass is 563 g/mol. The molecule has 1 heterocycles. The van der Waals surface area contributed by atoms with E-state index in [1.165, 1.54) is 6.42 Å². The van der Waals surface area contributed by atoms with Crippen LogP contribution in [-0.4, -0.2) is 74.2 Å². The van der Waals surface area contributed by atoms with Crippen molar-refractivity contribution in [3.63, 3.8) is 0 Å². The Balaban J connectivity index is 1.46. The van der Waals surface area contributed by atoms with Crippen molar-refractivity contribution in [3.05, 3.63) is 59.7 Å².